The van der Waals surface area contributed by atoms with Crippen LogP contribution < -0.4 is 4.72 Å². The fourth-order valence-corrected chi connectivity index (χ4v) is 8.13. The van der Waals surface area contributed by atoms with E-state index in [1.54, 1.807) is 0 Å². The summed E-state index contributed by atoms with van der Waals surface area (Å²) in [5.74, 6) is -0.0347. The number of methoxy groups -OCH3 is 1. The van der Waals surface area contributed by atoms with E-state index < -0.39 is 10.0 Å². The largest absolute Gasteiger partial charge is 0.384 e. The van der Waals surface area contributed by atoms with Crippen molar-refractivity contribution >= 4 is 37.1 Å². The first kappa shape index (κ1) is 23.8. The second kappa shape index (κ2) is 9.61. The van der Waals surface area contributed by atoms with E-state index in [9.17, 15) is 8.42 Å². The van der Waals surface area contributed by atoms with Gasteiger partial charge in [-0.25, -0.2) is 8.42 Å². The van der Waals surface area contributed by atoms with Gasteiger partial charge >= 0.3 is 0 Å². The van der Waals surface area contributed by atoms with Crippen molar-refractivity contribution in [3.63, 3.8) is 0 Å². The van der Waals surface area contributed by atoms with Gasteiger partial charge < -0.3 is 4.74 Å². The van der Waals surface area contributed by atoms with Crippen LogP contribution in [-0.4, -0.2) is 45.4 Å². The zero-order valence-electron chi connectivity index (χ0n) is 20.0. The van der Waals surface area contributed by atoms with Crippen LogP contribution in [0.25, 0.3) is 10.1 Å². The lowest BCUT2D eigenvalue weighted by molar-refractivity contribution is 0.0465. The molecule has 7 heteroatoms. The van der Waals surface area contributed by atoms with Crippen LogP contribution in [0.2, 0.25) is 0 Å². The number of benzene rings is 2. The van der Waals surface area contributed by atoms with Gasteiger partial charge in [-0.2, -0.15) is 0 Å². The van der Waals surface area contributed by atoms with Crippen LogP contribution in [0, 0.1) is 6.92 Å². The average molecular weight is 499 g/mol. The topological polar surface area (TPSA) is 58.6 Å². The maximum Gasteiger partial charge on any atom is 0.234 e. The maximum absolute atomic E-state index is 12.4. The van der Waals surface area contributed by atoms with Crippen LogP contribution in [-0.2, 0) is 26.7 Å². The summed E-state index contributed by atoms with van der Waals surface area (Å²) in [6.07, 6.45) is 5.91. The molecular weight excluding hydrogens is 464 g/mol. The molecule has 2 unspecified atom stereocenters. The first-order chi connectivity index (χ1) is 16.4. The summed E-state index contributed by atoms with van der Waals surface area (Å²) in [5.41, 5.74) is 3.51. The number of ether oxygens (including phenoxy) is 1. The maximum atomic E-state index is 12.4. The number of fused-ring (bicyclic) bond motifs is 3. The Hall–Kier alpha value is -1.93. The summed E-state index contributed by atoms with van der Waals surface area (Å²) in [5, 5.41) is 1.39. The number of hydrogen-bond donors (Lipinski definition) is 1. The average Bonchev–Trinajstić information content (AvgIpc) is 3.15. The van der Waals surface area contributed by atoms with Crippen molar-refractivity contribution in [2.75, 3.05) is 30.7 Å². The van der Waals surface area contributed by atoms with E-state index in [-0.39, 0.29) is 17.8 Å². The van der Waals surface area contributed by atoms with Gasteiger partial charge in [0.2, 0.25) is 10.0 Å². The number of anilines is 1. The summed E-state index contributed by atoms with van der Waals surface area (Å²) < 4.78 is 33.8. The molecule has 2 atom stereocenters. The number of nitrogens with one attached hydrogen (secondary N) is 1. The quantitative estimate of drug-likeness (QED) is 0.434. The molecular formula is C27H34N2O3S2. The zero-order chi connectivity index (χ0) is 23.8. The fraction of sp³-hybridized carbons (Fsp3) is 0.481. The Morgan fingerprint density at radius 1 is 1.18 bits per heavy atom. The van der Waals surface area contributed by atoms with Crippen LogP contribution in [0.15, 0.2) is 48.5 Å². The van der Waals surface area contributed by atoms with Gasteiger partial charge in [-0.05, 0) is 79.3 Å². The molecule has 34 heavy (non-hydrogen) atoms. The molecule has 5 rings (SSSR count). The van der Waals surface area contributed by atoms with Crippen molar-refractivity contribution in [3.05, 3.63) is 64.5 Å². The third-order valence-corrected chi connectivity index (χ3v) is 10.3. The molecule has 182 valence electrons. The number of sulfonamides is 1. The van der Waals surface area contributed by atoms with E-state index >= 15 is 0 Å². The number of thiophene rings is 1. The van der Waals surface area contributed by atoms with Crippen LogP contribution >= 0.6 is 11.3 Å². The Bertz CT molecular complexity index is 1270. The molecule has 1 N–H and O–H groups in total. The van der Waals surface area contributed by atoms with E-state index in [2.05, 4.69) is 52.9 Å². The normalized spacial score (nSPS) is 23.3. The van der Waals surface area contributed by atoms with Crippen molar-refractivity contribution in [1.29, 1.82) is 0 Å². The van der Waals surface area contributed by atoms with Crippen LogP contribution in [0.3, 0.4) is 0 Å². The van der Waals surface area contributed by atoms with Crippen molar-refractivity contribution in [2.45, 2.75) is 57.0 Å². The van der Waals surface area contributed by atoms with Crippen LogP contribution in [0.1, 0.15) is 48.1 Å². The number of likely N-dealkylation sites (tertiary alicyclic amines) is 1. The number of nitrogens with zero attached hydrogens (tertiary/aromatic N) is 1. The Morgan fingerprint density at radius 2 is 2.03 bits per heavy atom. The van der Waals surface area contributed by atoms with Gasteiger partial charge in [-0.1, -0.05) is 36.8 Å². The molecule has 1 saturated heterocycles. The number of rotatable bonds is 8. The Labute approximate surface area is 207 Å². The van der Waals surface area contributed by atoms with E-state index in [0.29, 0.717) is 11.7 Å². The van der Waals surface area contributed by atoms with Crippen LogP contribution in [0.5, 0.6) is 0 Å². The van der Waals surface area contributed by atoms with Gasteiger partial charge in [0, 0.05) is 35.0 Å². The van der Waals surface area contributed by atoms with Gasteiger partial charge in [0.1, 0.15) is 0 Å². The first-order valence-electron chi connectivity index (χ1n) is 12.2. The molecule has 0 spiro atoms. The minimum Gasteiger partial charge on any atom is -0.384 e. The van der Waals surface area contributed by atoms with E-state index in [0.717, 1.165) is 25.9 Å². The van der Waals surface area contributed by atoms with Gasteiger partial charge in [-0.15, -0.1) is 11.3 Å². The fourth-order valence-electron chi connectivity index (χ4n) is 5.92. The molecule has 2 aromatic carbocycles. The molecule has 1 saturated carbocycles. The number of piperidine rings is 1. The van der Waals surface area contributed by atoms with E-state index in [1.165, 1.54) is 52.5 Å². The standard InChI is InChI=1S/C27H34N2O3S2/c1-20-24-10-3-4-11-25(24)33-26(20)19-29-14-13-27(12-6-9-23(29)18-27)21-7-5-8-22(17-21)28-34(30,31)16-15-32-2/h3-5,7-8,10-11,17,23,28H,6,9,12-16,18-19H2,1-2H3. The summed E-state index contributed by atoms with van der Waals surface area (Å²) in [6.45, 7) is 4.58. The zero-order valence-corrected chi connectivity index (χ0v) is 21.7. The predicted molar refractivity (Wildman–Crippen MR) is 141 cm³/mol. The van der Waals surface area contributed by atoms with Crippen molar-refractivity contribution in [2.24, 2.45) is 0 Å². The predicted octanol–water partition coefficient (Wildman–Crippen LogP) is 5.68. The summed E-state index contributed by atoms with van der Waals surface area (Å²) in [4.78, 5) is 4.19. The Morgan fingerprint density at radius 3 is 2.85 bits per heavy atom. The molecule has 2 bridgehead atoms. The minimum absolute atomic E-state index is 0.0347. The lowest BCUT2D eigenvalue weighted by Crippen LogP contribution is -2.51. The number of aryl methyl sites for hydroxylation is 1. The second-order valence-electron chi connectivity index (χ2n) is 9.89. The molecule has 0 radical (unpaired) electrons. The SMILES string of the molecule is COCCS(=O)(=O)Nc1cccc(C23CCCC(C2)N(Cc2sc4ccccc4c2C)CC3)c1. The number of hydrogen-bond acceptors (Lipinski definition) is 5. The summed E-state index contributed by atoms with van der Waals surface area (Å²) in [7, 11) is -1.89. The molecule has 2 heterocycles. The molecule has 0 amide bonds. The summed E-state index contributed by atoms with van der Waals surface area (Å²) in [6, 6.07) is 17.4. The van der Waals surface area contributed by atoms with Gasteiger partial charge in [-0.3, -0.25) is 9.62 Å². The molecule has 2 aliphatic rings. The Kier molecular flexibility index (Phi) is 6.73. The molecule has 5 nitrogen and oxygen atoms in total. The first-order valence-corrected chi connectivity index (χ1v) is 14.7. The minimum atomic E-state index is -3.41. The molecule has 3 aromatic rings. The smallest absolute Gasteiger partial charge is 0.234 e. The monoisotopic (exact) mass is 498 g/mol. The second-order valence-corrected chi connectivity index (χ2v) is 12.9. The molecule has 1 aliphatic carbocycles. The third kappa shape index (κ3) is 4.76. The molecule has 2 fully saturated rings. The van der Waals surface area contributed by atoms with Crippen molar-refractivity contribution in [3.8, 4) is 0 Å². The van der Waals surface area contributed by atoms with Crippen LogP contribution in [0.4, 0.5) is 5.69 Å². The van der Waals surface area contributed by atoms with Crippen molar-refractivity contribution < 1.29 is 13.2 Å². The van der Waals surface area contributed by atoms with Crippen molar-refractivity contribution in [1.82, 2.24) is 4.90 Å². The van der Waals surface area contributed by atoms with Gasteiger partial charge in [0.15, 0.2) is 0 Å². The van der Waals surface area contributed by atoms with E-state index in [1.807, 2.05) is 23.5 Å². The molecule has 1 aliphatic heterocycles. The molecule has 1 aromatic heterocycles. The lowest BCUT2D eigenvalue weighted by atomic mass is 9.63. The highest BCUT2D eigenvalue weighted by atomic mass is 32.2. The van der Waals surface area contributed by atoms with E-state index in [4.69, 9.17) is 4.74 Å². The summed E-state index contributed by atoms with van der Waals surface area (Å²) >= 11 is 1.94. The highest BCUT2D eigenvalue weighted by molar-refractivity contribution is 7.92. The lowest BCUT2D eigenvalue weighted by Gasteiger charge is -2.51. The highest BCUT2D eigenvalue weighted by Gasteiger charge is 2.43. The van der Waals surface area contributed by atoms with Gasteiger partial charge in [0.05, 0.1) is 12.4 Å². The third-order valence-electron chi connectivity index (χ3n) is 7.81. The van der Waals surface area contributed by atoms with Gasteiger partial charge in [0.25, 0.3) is 0 Å². The highest BCUT2D eigenvalue weighted by Crippen LogP contribution is 2.48. The Balaban J connectivity index is 1.33.